The van der Waals surface area contributed by atoms with Gasteiger partial charge in [0.2, 0.25) is 9.84 Å². The van der Waals surface area contributed by atoms with Gasteiger partial charge in [0, 0.05) is 43.9 Å². The predicted molar refractivity (Wildman–Crippen MR) is 138 cm³/mol. The summed E-state index contributed by atoms with van der Waals surface area (Å²) in [6.07, 6.45) is 8.51. The minimum absolute atomic E-state index is 0.0118. The molecule has 0 unspecified atom stereocenters. The van der Waals surface area contributed by atoms with Gasteiger partial charge in [-0.05, 0) is 31.3 Å². The molecule has 40 heavy (non-hydrogen) atoms. The molecule has 1 amide bonds. The number of alkyl halides is 2. The van der Waals surface area contributed by atoms with Crippen LogP contribution in [0.1, 0.15) is 10.4 Å². The van der Waals surface area contributed by atoms with Crippen molar-refractivity contribution >= 4 is 27.1 Å². The van der Waals surface area contributed by atoms with E-state index in [4.69, 9.17) is 0 Å². The molecule has 4 heterocycles. The zero-order valence-electron chi connectivity index (χ0n) is 21.2. The van der Waals surface area contributed by atoms with Crippen LogP contribution >= 0.6 is 0 Å². The van der Waals surface area contributed by atoms with Gasteiger partial charge in [-0.3, -0.25) is 14.2 Å². The van der Waals surface area contributed by atoms with E-state index in [2.05, 4.69) is 35.7 Å². The van der Waals surface area contributed by atoms with Crippen LogP contribution in [0.15, 0.2) is 71.2 Å². The topological polar surface area (TPSA) is 150 Å². The molecule has 0 spiro atoms. The van der Waals surface area contributed by atoms with Gasteiger partial charge in [0.1, 0.15) is 21.9 Å². The summed E-state index contributed by atoms with van der Waals surface area (Å²) in [5.74, 6) is -0.914. The average molecular weight is 572 g/mol. The number of likely N-dealkylation sites (N-methyl/N-ethyl adjacent to an activating group) is 1. The van der Waals surface area contributed by atoms with Crippen molar-refractivity contribution in [2.45, 2.75) is 22.9 Å². The fraction of sp³-hybridized carbons (Fsp3) is 0.208. The third-order valence-corrected chi connectivity index (χ3v) is 7.55. The number of benzene rings is 1. The smallest absolute Gasteiger partial charge is 0.387 e. The summed E-state index contributed by atoms with van der Waals surface area (Å²) >= 11 is 0. The number of aryl methyl sites for hydroxylation is 1. The Labute approximate surface area is 226 Å². The lowest BCUT2D eigenvalue weighted by Crippen LogP contribution is -2.15. The first kappa shape index (κ1) is 26.9. The van der Waals surface area contributed by atoms with Crippen LogP contribution in [0.3, 0.4) is 0 Å². The predicted octanol–water partition coefficient (Wildman–Crippen LogP) is 2.23. The highest BCUT2D eigenvalue weighted by Gasteiger charge is 2.26. The lowest BCUT2D eigenvalue weighted by molar-refractivity contribution is -0.0494. The van der Waals surface area contributed by atoms with Crippen molar-refractivity contribution in [3.05, 3.63) is 67.0 Å². The van der Waals surface area contributed by atoms with Gasteiger partial charge in [0.15, 0.2) is 5.65 Å². The van der Waals surface area contributed by atoms with Crippen molar-refractivity contribution in [1.29, 1.82) is 0 Å². The van der Waals surface area contributed by atoms with Gasteiger partial charge in [-0.15, -0.1) is 0 Å². The molecule has 16 heteroatoms. The molecule has 5 aromatic rings. The summed E-state index contributed by atoms with van der Waals surface area (Å²) in [7, 11) is -0.778. The maximum atomic E-state index is 13.4. The van der Waals surface area contributed by atoms with Crippen LogP contribution in [0.4, 0.5) is 14.5 Å². The summed E-state index contributed by atoms with van der Waals surface area (Å²) < 4.78 is 62.4. The molecule has 0 atom stereocenters. The normalized spacial score (nSPS) is 11.8. The van der Waals surface area contributed by atoms with E-state index in [1.165, 1.54) is 50.9 Å². The largest absolute Gasteiger partial charge is 0.434 e. The lowest BCUT2D eigenvalue weighted by Gasteiger charge is -2.13. The second-order valence-corrected chi connectivity index (χ2v) is 10.5. The molecule has 0 aliphatic heterocycles. The molecule has 0 aliphatic rings. The number of carbonyl (C=O) groups excluding carboxylic acids is 1. The lowest BCUT2D eigenvalue weighted by atomic mass is 10.1. The number of anilines is 1. The molecule has 208 valence electrons. The molecule has 0 bridgehead atoms. The number of rotatable bonds is 10. The number of nitrogens with zero attached hydrogens (tertiary/aromatic N) is 7. The van der Waals surface area contributed by atoms with Crippen LogP contribution in [0.2, 0.25) is 0 Å². The van der Waals surface area contributed by atoms with Crippen LogP contribution in [0.25, 0.3) is 16.9 Å². The number of hydrogen-bond donors (Lipinski definition) is 2. The van der Waals surface area contributed by atoms with Crippen molar-refractivity contribution in [2.75, 3.05) is 18.9 Å². The molecule has 13 nitrogen and oxygen atoms in total. The van der Waals surface area contributed by atoms with E-state index < -0.39 is 22.4 Å². The fourth-order valence-corrected chi connectivity index (χ4v) is 5.22. The number of ether oxygens (including phenoxy) is 1. The van der Waals surface area contributed by atoms with Gasteiger partial charge in [-0.2, -0.15) is 24.1 Å². The summed E-state index contributed by atoms with van der Waals surface area (Å²) in [6.45, 7) is -2.18. The van der Waals surface area contributed by atoms with Gasteiger partial charge < -0.3 is 15.4 Å². The van der Waals surface area contributed by atoms with E-state index >= 15 is 0 Å². The van der Waals surface area contributed by atoms with Gasteiger partial charge in [-0.25, -0.2) is 17.9 Å². The Morgan fingerprint density at radius 2 is 1.98 bits per heavy atom. The van der Waals surface area contributed by atoms with Crippen LogP contribution in [0.5, 0.6) is 5.75 Å². The Balaban J connectivity index is 1.55. The van der Waals surface area contributed by atoms with Crippen molar-refractivity contribution in [2.24, 2.45) is 7.05 Å². The zero-order valence-corrected chi connectivity index (χ0v) is 22.0. The molecule has 1 aromatic carbocycles. The first-order chi connectivity index (χ1) is 19.2. The van der Waals surface area contributed by atoms with Crippen LogP contribution in [0, 0.1) is 0 Å². The second-order valence-electron chi connectivity index (χ2n) is 8.55. The Bertz CT molecular complexity index is 1800. The average Bonchev–Trinajstić information content (AvgIpc) is 3.66. The van der Waals surface area contributed by atoms with Crippen LogP contribution in [-0.2, 0) is 23.4 Å². The molecule has 0 radical (unpaired) electrons. The highest BCUT2D eigenvalue weighted by molar-refractivity contribution is 7.91. The molecule has 4 aromatic heterocycles. The van der Waals surface area contributed by atoms with E-state index in [0.717, 1.165) is 12.1 Å². The number of sulfone groups is 1. The number of hydrogen-bond acceptors (Lipinski definition) is 9. The van der Waals surface area contributed by atoms with Crippen LogP contribution in [-0.4, -0.2) is 68.7 Å². The summed E-state index contributed by atoms with van der Waals surface area (Å²) in [4.78, 5) is 17.0. The SMILES string of the molecule is CNCCn1cc(S(=O)(=O)c2ccc(OC(F)F)c(-c3nn(C)cc3NC(=O)c3cnn4cccnc34)c2)cn1. The molecular formula is C24H23F2N9O4S. The molecule has 0 aliphatic carbocycles. The number of nitrogens with one attached hydrogen (secondary N) is 2. The first-order valence-corrected chi connectivity index (χ1v) is 13.3. The van der Waals surface area contributed by atoms with E-state index in [1.807, 2.05) is 0 Å². The number of fused-ring (bicyclic) bond motifs is 1. The summed E-state index contributed by atoms with van der Waals surface area (Å²) in [5, 5.41) is 18.1. The molecular weight excluding hydrogens is 548 g/mol. The van der Waals surface area contributed by atoms with Gasteiger partial charge in [-0.1, -0.05) is 0 Å². The van der Waals surface area contributed by atoms with E-state index in [9.17, 15) is 22.0 Å². The third kappa shape index (κ3) is 5.26. The van der Waals surface area contributed by atoms with Gasteiger partial charge in [0.25, 0.3) is 5.91 Å². The van der Waals surface area contributed by atoms with Gasteiger partial charge >= 0.3 is 6.61 Å². The van der Waals surface area contributed by atoms with Crippen molar-refractivity contribution < 1.29 is 26.7 Å². The van der Waals surface area contributed by atoms with Crippen molar-refractivity contribution in [3.63, 3.8) is 0 Å². The minimum atomic E-state index is -4.10. The molecule has 5 rings (SSSR count). The Hall–Kier alpha value is -4.70. The summed E-state index contributed by atoms with van der Waals surface area (Å²) in [5.41, 5.74) is 0.522. The molecule has 0 fully saturated rings. The first-order valence-electron chi connectivity index (χ1n) is 11.8. The highest BCUT2D eigenvalue weighted by Crippen LogP contribution is 2.38. The van der Waals surface area contributed by atoms with Gasteiger partial charge in [0.05, 0.1) is 29.5 Å². The Kier molecular flexibility index (Phi) is 7.27. The molecule has 2 N–H and O–H groups in total. The van der Waals surface area contributed by atoms with Crippen LogP contribution < -0.4 is 15.4 Å². The quantitative estimate of drug-likeness (QED) is 0.257. The second kappa shape index (κ2) is 10.8. The van der Waals surface area contributed by atoms with Crippen molar-refractivity contribution in [3.8, 4) is 17.0 Å². The Morgan fingerprint density at radius 3 is 2.75 bits per heavy atom. The summed E-state index contributed by atoms with van der Waals surface area (Å²) in [6, 6.07) is 5.11. The fourth-order valence-electron chi connectivity index (χ4n) is 3.98. The standard InChI is InChI=1S/C24H23F2N9O4S/c1-27-7-9-34-13-16(11-29-34)40(37,38)15-4-5-20(39-24(25)26)17(10-15)21-19(14-33(2)32-21)31-23(36)18-12-30-35-8-3-6-28-22(18)35/h3-6,8,10-14,24,27H,7,9H2,1-2H3,(H,31,36). The number of carbonyl (C=O) groups is 1. The number of halogens is 2. The zero-order chi connectivity index (χ0) is 28.4. The Morgan fingerprint density at radius 1 is 1.15 bits per heavy atom. The number of amides is 1. The minimum Gasteiger partial charge on any atom is -0.434 e. The molecule has 0 saturated heterocycles. The monoisotopic (exact) mass is 571 g/mol. The van der Waals surface area contributed by atoms with E-state index in [0.29, 0.717) is 18.7 Å². The third-order valence-electron chi connectivity index (χ3n) is 5.84. The highest BCUT2D eigenvalue weighted by atomic mass is 32.2. The maximum Gasteiger partial charge on any atom is 0.387 e. The maximum absolute atomic E-state index is 13.4. The van der Waals surface area contributed by atoms with E-state index in [-0.39, 0.29) is 38.0 Å². The molecule has 0 saturated carbocycles. The van der Waals surface area contributed by atoms with E-state index in [1.54, 1.807) is 26.4 Å². The van der Waals surface area contributed by atoms with Crippen molar-refractivity contribution in [1.82, 2.24) is 39.5 Å². The number of aromatic nitrogens is 7.